The number of carboxylic acid groups (broad SMARTS) is 2. The highest BCUT2D eigenvalue weighted by atomic mass is 32.1. The fourth-order valence-corrected chi connectivity index (χ4v) is 2.07. The summed E-state index contributed by atoms with van der Waals surface area (Å²) < 4.78 is 0. The van der Waals surface area contributed by atoms with Crippen molar-refractivity contribution in [1.29, 1.82) is 0 Å². The second-order valence-electron chi connectivity index (χ2n) is 5.63. The first-order valence-electron chi connectivity index (χ1n) is 7.94. The van der Waals surface area contributed by atoms with Crippen molar-refractivity contribution >= 4 is 48.2 Å². The van der Waals surface area contributed by atoms with Gasteiger partial charge in [0.05, 0.1) is 19.0 Å². The van der Waals surface area contributed by atoms with Gasteiger partial charge >= 0.3 is 11.9 Å². The third-order valence-corrected chi connectivity index (χ3v) is 3.65. The van der Waals surface area contributed by atoms with Gasteiger partial charge in [0, 0.05) is 12.2 Å². The van der Waals surface area contributed by atoms with Gasteiger partial charge in [0.25, 0.3) is 0 Å². The van der Waals surface area contributed by atoms with Gasteiger partial charge < -0.3 is 37.6 Å². The maximum Gasteiger partial charge on any atom is 0.326 e. The monoisotopic (exact) mass is 421 g/mol. The van der Waals surface area contributed by atoms with Crippen molar-refractivity contribution < 1.29 is 39.0 Å². The van der Waals surface area contributed by atoms with Crippen LogP contribution in [0.4, 0.5) is 0 Å². The molecule has 0 spiro atoms. The maximum atomic E-state index is 12.0. The summed E-state index contributed by atoms with van der Waals surface area (Å²) in [5.74, 6) is -6.23. The topological polar surface area (TPSA) is 231 Å². The molecule has 0 radical (unpaired) electrons. The summed E-state index contributed by atoms with van der Waals surface area (Å²) in [6.45, 7) is -0.657. The number of carbonyl (C=O) groups excluding carboxylic acids is 4. The minimum absolute atomic E-state index is 0.0232. The summed E-state index contributed by atoms with van der Waals surface area (Å²) in [6, 6.07) is -3.90. The number of thiol groups is 1. The van der Waals surface area contributed by atoms with Crippen LogP contribution in [0.2, 0.25) is 0 Å². The van der Waals surface area contributed by atoms with E-state index in [0.717, 1.165) is 0 Å². The number of nitrogens with two attached hydrogens (primary N) is 2. The zero-order chi connectivity index (χ0) is 21.9. The molecule has 158 valence electrons. The largest absolute Gasteiger partial charge is 0.481 e. The lowest BCUT2D eigenvalue weighted by molar-refractivity contribution is -0.147. The van der Waals surface area contributed by atoms with E-state index in [-0.39, 0.29) is 18.6 Å². The van der Waals surface area contributed by atoms with Gasteiger partial charge in [-0.2, -0.15) is 12.6 Å². The zero-order valence-electron chi connectivity index (χ0n) is 14.7. The first-order chi connectivity index (χ1) is 13.0. The first kappa shape index (κ1) is 25.1. The SMILES string of the molecule is NC(=O)CCC(N)C(=O)NC(CS)C(=O)NCC(=O)NC(CC(=O)O)C(=O)O. The molecular formula is C14H23N5O8S. The van der Waals surface area contributed by atoms with E-state index in [0.29, 0.717) is 0 Å². The molecule has 0 saturated carbocycles. The van der Waals surface area contributed by atoms with Crippen molar-refractivity contribution in [1.82, 2.24) is 16.0 Å². The molecule has 14 heteroatoms. The fraction of sp³-hybridized carbons (Fsp3) is 0.571. The Morgan fingerprint density at radius 3 is 2.04 bits per heavy atom. The van der Waals surface area contributed by atoms with Crippen LogP contribution in [-0.4, -0.2) is 76.2 Å². The van der Waals surface area contributed by atoms with E-state index in [1.54, 1.807) is 0 Å². The smallest absolute Gasteiger partial charge is 0.326 e. The molecule has 0 aliphatic rings. The van der Waals surface area contributed by atoms with E-state index in [2.05, 4.69) is 23.3 Å². The standard InChI is InChI=1S/C14H23N5O8S/c15-6(1-2-9(16)20)12(24)19-8(5-28)13(25)17-4-10(21)18-7(14(26)27)3-11(22)23/h6-8,28H,1-5,15H2,(H2,16,20)(H,17,25)(H,18,21)(H,19,24)(H,22,23)(H,26,27). The number of hydrogen-bond donors (Lipinski definition) is 8. The van der Waals surface area contributed by atoms with E-state index < -0.39 is 66.7 Å². The van der Waals surface area contributed by atoms with E-state index >= 15 is 0 Å². The molecule has 0 rings (SSSR count). The van der Waals surface area contributed by atoms with Crippen LogP contribution >= 0.6 is 12.6 Å². The van der Waals surface area contributed by atoms with Crippen LogP contribution in [0.15, 0.2) is 0 Å². The Kier molecular flexibility index (Phi) is 11.2. The second kappa shape index (κ2) is 12.5. The first-order valence-corrected chi connectivity index (χ1v) is 8.57. The molecule has 0 fully saturated rings. The average Bonchev–Trinajstić information content (AvgIpc) is 2.60. The predicted molar refractivity (Wildman–Crippen MR) is 97.0 cm³/mol. The van der Waals surface area contributed by atoms with E-state index in [1.165, 1.54) is 0 Å². The summed E-state index contributed by atoms with van der Waals surface area (Å²) in [5.41, 5.74) is 10.5. The molecule has 9 N–H and O–H groups in total. The Balaban J connectivity index is 4.58. The number of carbonyl (C=O) groups is 6. The molecule has 0 heterocycles. The van der Waals surface area contributed by atoms with Gasteiger partial charge in [-0.1, -0.05) is 0 Å². The molecule has 0 bridgehead atoms. The van der Waals surface area contributed by atoms with Crippen molar-refractivity contribution in [3.05, 3.63) is 0 Å². The second-order valence-corrected chi connectivity index (χ2v) is 5.99. The molecule has 13 nitrogen and oxygen atoms in total. The van der Waals surface area contributed by atoms with Crippen molar-refractivity contribution in [2.75, 3.05) is 12.3 Å². The van der Waals surface area contributed by atoms with Crippen molar-refractivity contribution in [3.63, 3.8) is 0 Å². The zero-order valence-corrected chi connectivity index (χ0v) is 15.6. The summed E-state index contributed by atoms with van der Waals surface area (Å²) >= 11 is 3.91. The summed E-state index contributed by atoms with van der Waals surface area (Å²) in [5, 5.41) is 23.8. The molecule has 3 atom stereocenters. The van der Waals surface area contributed by atoms with Gasteiger partial charge in [0.2, 0.25) is 23.6 Å². The summed E-state index contributed by atoms with van der Waals surface area (Å²) in [6.07, 6.45) is -0.980. The molecule has 4 amide bonds. The van der Waals surface area contributed by atoms with Crippen LogP contribution < -0.4 is 27.4 Å². The molecule has 0 aromatic heterocycles. The minimum Gasteiger partial charge on any atom is -0.481 e. The van der Waals surface area contributed by atoms with Crippen LogP contribution in [-0.2, 0) is 28.8 Å². The van der Waals surface area contributed by atoms with Crippen molar-refractivity contribution in [2.24, 2.45) is 11.5 Å². The number of carboxylic acids is 2. The number of primary amides is 1. The van der Waals surface area contributed by atoms with Gasteiger partial charge in [-0.25, -0.2) is 4.79 Å². The lowest BCUT2D eigenvalue weighted by Gasteiger charge is -2.19. The maximum absolute atomic E-state index is 12.0. The predicted octanol–water partition coefficient (Wildman–Crippen LogP) is -3.85. The van der Waals surface area contributed by atoms with E-state index in [4.69, 9.17) is 21.7 Å². The Morgan fingerprint density at radius 1 is 0.964 bits per heavy atom. The number of amides is 4. The lowest BCUT2D eigenvalue weighted by atomic mass is 10.1. The molecule has 0 aliphatic carbocycles. The Hall–Kier alpha value is -2.87. The number of rotatable bonds is 13. The molecule has 3 unspecified atom stereocenters. The highest BCUT2D eigenvalue weighted by Crippen LogP contribution is 1.97. The molecule has 0 aromatic carbocycles. The summed E-state index contributed by atoms with van der Waals surface area (Å²) in [4.78, 5) is 67.7. The molecule has 0 aromatic rings. The third-order valence-electron chi connectivity index (χ3n) is 3.29. The highest BCUT2D eigenvalue weighted by Gasteiger charge is 2.25. The lowest BCUT2D eigenvalue weighted by Crippen LogP contribution is -2.54. The van der Waals surface area contributed by atoms with Crippen LogP contribution in [0.25, 0.3) is 0 Å². The van der Waals surface area contributed by atoms with Crippen LogP contribution in [0.1, 0.15) is 19.3 Å². The number of nitrogens with one attached hydrogen (secondary N) is 3. The van der Waals surface area contributed by atoms with Crippen LogP contribution in [0.3, 0.4) is 0 Å². The van der Waals surface area contributed by atoms with Gasteiger partial charge in [0.1, 0.15) is 12.1 Å². The van der Waals surface area contributed by atoms with E-state index in [9.17, 15) is 28.8 Å². The third kappa shape index (κ3) is 10.3. The fourth-order valence-electron chi connectivity index (χ4n) is 1.81. The van der Waals surface area contributed by atoms with Crippen molar-refractivity contribution in [2.45, 2.75) is 37.4 Å². The summed E-state index contributed by atoms with van der Waals surface area (Å²) in [7, 11) is 0. The van der Waals surface area contributed by atoms with Crippen LogP contribution in [0, 0.1) is 0 Å². The normalized spacial score (nSPS) is 13.5. The van der Waals surface area contributed by atoms with Gasteiger partial charge in [-0.05, 0) is 6.42 Å². The minimum atomic E-state index is -1.66. The molecular weight excluding hydrogens is 398 g/mol. The number of hydrogen-bond acceptors (Lipinski definition) is 8. The van der Waals surface area contributed by atoms with Gasteiger partial charge in [-0.15, -0.1) is 0 Å². The molecule has 0 saturated heterocycles. The van der Waals surface area contributed by atoms with Crippen molar-refractivity contribution in [3.8, 4) is 0 Å². The van der Waals surface area contributed by atoms with E-state index in [1.807, 2.05) is 5.32 Å². The highest BCUT2D eigenvalue weighted by molar-refractivity contribution is 7.80. The Morgan fingerprint density at radius 2 is 1.57 bits per heavy atom. The molecule has 28 heavy (non-hydrogen) atoms. The quantitative estimate of drug-likeness (QED) is 0.136. The van der Waals surface area contributed by atoms with Gasteiger partial charge in [0.15, 0.2) is 0 Å². The Bertz CT molecular complexity index is 629. The number of aliphatic carboxylic acids is 2. The average molecular weight is 421 g/mol. The van der Waals surface area contributed by atoms with Crippen LogP contribution in [0.5, 0.6) is 0 Å². The van der Waals surface area contributed by atoms with Gasteiger partial charge in [-0.3, -0.25) is 24.0 Å². The Labute approximate surface area is 165 Å². The molecule has 0 aliphatic heterocycles.